The van der Waals surface area contributed by atoms with Crippen LogP contribution in [0, 0.1) is 0 Å². The molecule has 6 nitrogen and oxygen atoms in total. The molecule has 2 aromatic carbocycles. The number of rotatable bonds is 8. The molecule has 138 valence electrons. The summed E-state index contributed by atoms with van der Waals surface area (Å²) in [4.78, 5) is 23.5. The van der Waals surface area contributed by atoms with E-state index in [1.807, 2.05) is 24.3 Å². The van der Waals surface area contributed by atoms with Gasteiger partial charge >= 0.3 is 0 Å². The minimum absolute atomic E-state index is 0.215. The van der Waals surface area contributed by atoms with Crippen LogP contribution in [0.15, 0.2) is 48.5 Å². The maximum absolute atomic E-state index is 11.8. The maximum atomic E-state index is 11.8. The van der Waals surface area contributed by atoms with E-state index in [9.17, 15) is 9.59 Å². The number of amides is 2. The lowest BCUT2D eigenvalue weighted by Gasteiger charge is -2.08. The Kier molecular flexibility index (Phi) is 8.11. The molecule has 0 aliphatic heterocycles. The van der Waals surface area contributed by atoms with Crippen molar-refractivity contribution in [3.63, 3.8) is 0 Å². The van der Waals surface area contributed by atoms with E-state index in [1.54, 1.807) is 31.4 Å². The molecule has 0 saturated carbocycles. The number of thioether (sulfide) groups is 1. The van der Waals surface area contributed by atoms with Crippen molar-refractivity contribution in [2.24, 2.45) is 0 Å². The molecule has 0 radical (unpaired) electrons. The summed E-state index contributed by atoms with van der Waals surface area (Å²) >= 11 is 7.17. The van der Waals surface area contributed by atoms with Crippen molar-refractivity contribution >= 4 is 35.2 Å². The molecule has 0 aliphatic carbocycles. The first-order valence-electron chi connectivity index (χ1n) is 7.78. The van der Waals surface area contributed by atoms with Crippen LogP contribution < -0.4 is 20.3 Å². The van der Waals surface area contributed by atoms with E-state index in [0.717, 1.165) is 11.5 Å². The Morgan fingerprint density at radius 1 is 1.00 bits per heavy atom. The highest BCUT2D eigenvalue weighted by Crippen LogP contribution is 2.17. The van der Waals surface area contributed by atoms with Crippen molar-refractivity contribution in [3.05, 3.63) is 59.1 Å². The summed E-state index contributed by atoms with van der Waals surface area (Å²) in [6.45, 7) is 0.474. The second-order valence-corrected chi connectivity index (χ2v) is 6.63. The number of benzene rings is 2. The van der Waals surface area contributed by atoms with Crippen molar-refractivity contribution in [3.8, 4) is 11.5 Å². The molecule has 2 N–H and O–H groups in total. The highest BCUT2D eigenvalue weighted by atomic mass is 35.5. The second kappa shape index (κ2) is 10.6. The molecule has 0 aromatic heterocycles. The number of hydrogen-bond donors (Lipinski definition) is 2. The SMILES string of the molecule is COc1ccc(OCCSCC(=O)NNC(=O)c2ccc(Cl)cc2)cc1. The van der Waals surface area contributed by atoms with E-state index in [-0.39, 0.29) is 11.7 Å². The Bertz CT molecular complexity index is 723. The van der Waals surface area contributed by atoms with Gasteiger partial charge in [-0.2, -0.15) is 0 Å². The lowest BCUT2D eigenvalue weighted by molar-refractivity contribution is -0.119. The van der Waals surface area contributed by atoms with Gasteiger partial charge in [-0.1, -0.05) is 11.6 Å². The number of hydrogen-bond acceptors (Lipinski definition) is 5. The normalized spacial score (nSPS) is 10.1. The van der Waals surface area contributed by atoms with Crippen LogP contribution in [0.2, 0.25) is 5.02 Å². The molecule has 2 rings (SSSR count). The van der Waals surface area contributed by atoms with Crippen LogP contribution >= 0.6 is 23.4 Å². The van der Waals surface area contributed by atoms with Gasteiger partial charge in [0.05, 0.1) is 19.5 Å². The molecular weight excluding hydrogens is 376 g/mol. The third-order valence-electron chi connectivity index (χ3n) is 3.21. The molecule has 0 bridgehead atoms. The second-order valence-electron chi connectivity index (χ2n) is 5.09. The zero-order chi connectivity index (χ0) is 18.8. The Balaban J connectivity index is 1.58. The van der Waals surface area contributed by atoms with E-state index in [0.29, 0.717) is 22.9 Å². The van der Waals surface area contributed by atoms with Gasteiger partial charge < -0.3 is 9.47 Å². The van der Waals surface area contributed by atoms with Crippen LogP contribution in [0.5, 0.6) is 11.5 Å². The molecule has 0 unspecified atom stereocenters. The average molecular weight is 395 g/mol. The van der Waals surface area contributed by atoms with Crippen LogP contribution in [-0.4, -0.2) is 37.0 Å². The molecule has 8 heteroatoms. The zero-order valence-electron chi connectivity index (χ0n) is 14.2. The van der Waals surface area contributed by atoms with Gasteiger partial charge in [0.25, 0.3) is 5.91 Å². The first-order chi connectivity index (χ1) is 12.6. The summed E-state index contributed by atoms with van der Waals surface area (Å²) in [5, 5.41) is 0.541. The standard InChI is InChI=1S/C18H19ClN2O4S/c1-24-15-6-8-16(9-7-15)25-10-11-26-12-17(22)20-21-18(23)13-2-4-14(19)5-3-13/h2-9H,10-12H2,1H3,(H,20,22)(H,21,23). The van der Waals surface area contributed by atoms with Gasteiger partial charge in [0.15, 0.2) is 0 Å². The monoisotopic (exact) mass is 394 g/mol. The van der Waals surface area contributed by atoms with Crippen molar-refractivity contribution < 1.29 is 19.1 Å². The predicted molar refractivity (Wildman–Crippen MR) is 103 cm³/mol. The quantitative estimate of drug-likeness (QED) is 0.531. The molecule has 2 aromatic rings. The average Bonchev–Trinajstić information content (AvgIpc) is 2.67. The third-order valence-corrected chi connectivity index (χ3v) is 4.38. The molecule has 0 heterocycles. The first kappa shape index (κ1) is 19.9. The molecule has 0 saturated heterocycles. The number of nitrogens with one attached hydrogen (secondary N) is 2. The summed E-state index contributed by atoms with van der Waals surface area (Å²) in [7, 11) is 1.61. The maximum Gasteiger partial charge on any atom is 0.269 e. The molecule has 2 amide bonds. The zero-order valence-corrected chi connectivity index (χ0v) is 15.7. The largest absolute Gasteiger partial charge is 0.497 e. The Labute approximate surface area is 161 Å². The van der Waals surface area contributed by atoms with Crippen LogP contribution in [0.4, 0.5) is 0 Å². The predicted octanol–water partition coefficient (Wildman–Crippen LogP) is 2.92. The van der Waals surface area contributed by atoms with E-state index in [4.69, 9.17) is 21.1 Å². The van der Waals surface area contributed by atoms with Crippen LogP contribution in [0.1, 0.15) is 10.4 Å². The minimum atomic E-state index is -0.400. The van der Waals surface area contributed by atoms with Crippen LogP contribution in [-0.2, 0) is 4.79 Å². The number of hydrazine groups is 1. The number of ether oxygens (including phenoxy) is 2. The van der Waals surface area contributed by atoms with Gasteiger partial charge in [-0.3, -0.25) is 20.4 Å². The Hall–Kier alpha value is -2.38. The van der Waals surface area contributed by atoms with Gasteiger partial charge in [0.2, 0.25) is 5.91 Å². The summed E-state index contributed by atoms with van der Waals surface area (Å²) in [6.07, 6.45) is 0. The van der Waals surface area contributed by atoms with Crippen molar-refractivity contribution in [2.45, 2.75) is 0 Å². The van der Waals surface area contributed by atoms with Gasteiger partial charge in [-0.15, -0.1) is 11.8 Å². The van der Waals surface area contributed by atoms with Gasteiger partial charge in [-0.05, 0) is 48.5 Å². The Morgan fingerprint density at radius 2 is 1.65 bits per heavy atom. The molecule has 26 heavy (non-hydrogen) atoms. The molecule has 0 fully saturated rings. The summed E-state index contributed by atoms with van der Waals surface area (Å²) < 4.78 is 10.6. The fraction of sp³-hybridized carbons (Fsp3) is 0.222. The fourth-order valence-corrected chi connectivity index (χ4v) is 2.62. The van der Waals surface area contributed by atoms with Crippen LogP contribution in [0.25, 0.3) is 0 Å². The number of halogens is 1. The smallest absolute Gasteiger partial charge is 0.269 e. The van der Waals surface area contributed by atoms with E-state index in [1.165, 1.54) is 11.8 Å². The third kappa shape index (κ3) is 6.85. The van der Waals surface area contributed by atoms with Gasteiger partial charge in [-0.25, -0.2) is 0 Å². The number of methoxy groups -OCH3 is 1. The number of carbonyl (C=O) groups excluding carboxylic acids is 2. The molecule has 0 aliphatic rings. The summed E-state index contributed by atoms with van der Waals surface area (Å²) in [6, 6.07) is 13.7. The summed E-state index contributed by atoms with van der Waals surface area (Å²) in [5.74, 6) is 1.68. The van der Waals surface area contributed by atoms with Crippen molar-refractivity contribution in [1.82, 2.24) is 10.9 Å². The Morgan fingerprint density at radius 3 is 2.31 bits per heavy atom. The van der Waals surface area contributed by atoms with Gasteiger partial charge in [0, 0.05) is 16.3 Å². The highest BCUT2D eigenvalue weighted by Gasteiger charge is 2.07. The lowest BCUT2D eigenvalue weighted by Crippen LogP contribution is -2.42. The lowest BCUT2D eigenvalue weighted by atomic mass is 10.2. The topological polar surface area (TPSA) is 76.7 Å². The fourth-order valence-electron chi connectivity index (χ4n) is 1.89. The number of carbonyl (C=O) groups is 2. The van der Waals surface area contributed by atoms with E-state index >= 15 is 0 Å². The van der Waals surface area contributed by atoms with E-state index in [2.05, 4.69) is 10.9 Å². The molecule has 0 spiro atoms. The van der Waals surface area contributed by atoms with Crippen LogP contribution in [0.3, 0.4) is 0 Å². The summed E-state index contributed by atoms with van der Waals surface area (Å²) in [5.41, 5.74) is 5.14. The molecular formula is C18H19ClN2O4S. The highest BCUT2D eigenvalue weighted by molar-refractivity contribution is 7.99. The van der Waals surface area contributed by atoms with Crippen molar-refractivity contribution in [2.75, 3.05) is 25.2 Å². The van der Waals surface area contributed by atoms with Crippen molar-refractivity contribution in [1.29, 1.82) is 0 Å². The van der Waals surface area contributed by atoms with Gasteiger partial charge in [0.1, 0.15) is 11.5 Å². The minimum Gasteiger partial charge on any atom is -0.497 e. The van der Waals surface area contributed by atoms with E-state index < -0.39 is 5.91 Å². The first-order valence-corrected chi connectivity index (χ1v) is 9.31. The molecule has 0 atom stereocenters.